The Labute approximate surface area is 154 Å². The van der Waals surface area contributed by atoms with Gasteiger partial charge >= 0.3 is 0 Å². The molecular formula is C21H13N3OS. The minimum Gasteiger partial charge on any atom is -0.328 e. The first kappa shape index (κ1) is 16.0. The molecule has 124 valence electrons. The fourth-order valence-corrected chi connectivity index (χ4v) is 3.52. The zero-order chi connectivity index (χ0) is 17.9. The van der Waals surface area contributed by atoms with Crippen molar-refractivity contribution < 1.29 is 0 Å². The van der Waals surface area contributed by atoms with Crippen LogP contribution in [0.4, 0.5) is 0 Å². The predicted molar refractivity (Wildman–Crippen MR) is 104 cm³/mol. The van der Waals surface area contributed by atoms with Crippen LogP contribution < -0.4 is 5.56 Å². The minimum absolute atomic E-state index is 0.175. The van der Waals surface area contributed by atoms with Crippen LogP contribution in [0.15, 0.2) is 76.5 Å². The molecule has 0 atom stereocenters. The monoisotopic (exact) mass is 355 g/mol. The molecule has 0 saturated heterocycles. The van der Waals surface area contributed by atoms with Crippen molar-refractivity contribution in [2.24, 2.45) is 0 Å². The summed E-state index contributed by atoms with van der Waals surface area (Å²) in [6.45, 7) is 0. The smallest absolute Gasteiger partial charge is 0.255 e. The van der Waals surface area contributed by atoms with Crippen molar-refractivity contribution in [1.29, 1.82) is 5.26 Å². The summed E-state index contributed by atoms with van der Waals surface area (Å²) in [5, 5.41) is 11.4. The molecule has 2 aromatic heterocycles. The molecule has 4 nitrogen and oxygen atoms in total. The fourth-order valence-electron chi connectivity index (χ4n) is 2.96. The first-order chi connectivity index (χ1) is 12.8. The lowest BCUT2D eigenvalue weighted by atomic mass is 9.92. The Hall–Kier alpha value is -3.49. The van der Waals surface area contributed by atoms with E-state index in [1.165, 1.54) is 11.3 Å². The Morgan fingerprint density at radius 2 is 1.65 bits per heavy atom. The number of thiazole rings is 1. The zero-order valence-electron chi connectivity index (χ0n) is 13.6. The summed E-state index contributed by atoms with van der Waals surface area (Å²) >= 11 is 1.51. The van der Waals surface area contributed by atoms with Crippen LogP contribution in [-0.4, -0.2) is 9.97 Å². The average molecular weight is 355 g/mol. The van der Waals surface area contributed by atoms with Crippen molar-refractivity contribution in [2.45, 2.75) is 0 Å². The molecule has 4 aromatic rings. The molecular weight excluding hydrogens is 342 g/mol. The third-order valence-corrected chi connectivity index (χ3v) is 4.77. The van der Waals surface area contributed by atoms with Crippen molar-refractivity contribution in [2.75, 3.05) is 0 Å². The number of rotatable bonds is 3. The highest BCUT2D eigenvalue weighted by Gasteiger charge is 2.14. The van der Waals surface area contributed by atoms with Crippen LogP contribution in [0, 0.1) is 11.3 Å². The molecule has 0 unspecified atom stereocenters. The van der Waals surface area contributed by atoms with Gasteiger partial charge in [-0.15, -0.1) is 11.3 Å². The number of aromatic nitrogens is 2. The van der Waals surface area contributed by atoms with Crippen LogP contribution in [0.2, 0.25) is 0 Å². The second-order valence-corrected chi connectivity index (χ2v) is 6.43. The van der Waals surface area contributed by atoms with Gasteiger partial charge in [-0.2, -0.15) is 5.26 Å². The summed E-state index contributed by atoms with van der Waals surface area (Å²) in [5.74, 6) is 0. The number of hydrogen-bond donors (Lipinski definition) is 1. The molecule has 2 aromatic carbocycles. The van der Waals surface area contributed by atoms with Crippen molar-refractivity contribution in [3.05, 3.63) is 87.6 Å². The fraction of sp³-hybridized carbons (Fsp3) is 0. The lowest BCUT2D eigenvalue weighted by Crippen LogP contribution is -2.09. The average Bonchev–Trinajstić information content (AvgIpc) is 3.23. The van der Waals surface area contributed by atoms with Crippen LogP contribution >= 0.6 is 11.3 Å². The van der Waals surface area contributed by atoms with Crippen molar-refractivity contribution >= 4 is 11.3 Å². The van der Waals surface area contributed by atoms with Gasteiger partial charge in [0.25, 0.3) is 5.56 Å². The summed E-state index contributed by atoms with van der Waals surface area (Å²) in [7, 11) is 0. The number of H-pyrrole nitrogens is 1. The SMILES string of the molecule is N#Cc1ccccc1-c1ccccc1-c1cc(-c2cscn2)c[nH]c1=O. The van der Waals surface area contributed by atoms with E-state index in [9.17, 15) is 10.1 Å². The Morgan fingerprint density at radius 3 is 2.35 bits per heavy atom. The van der Waals surface area contributed by atoms with E-state index in [1.54, 1.807) is 17.8 Å². The maximum atomic E-state index is 12.5. The molecule has 0 aliphatic heterocycles. The van der Waals surface area contributed by atoms with Crippen molar-refractivity contribution in [3.63, 3.8) is 0 Å². The van der Waals surface area contributed by atoms with E-state index >= 15 is 0 Å². The van der Waals surface area contributed by atoms with E-state index in [0.29, 0.717) is 11.1 Å². The van der Waals surface area contributed by atoms with Gasteiger partial charge in [0.2, 0.25) is 0 Å². The van der Waals surface area contributed by atoms with E-state index in [4.69, 9.17) is 0 Å². The summed E-state index contributed by atoms with van der Waals surface area (Å²) in [4.78, 5) is 19.7. The number of pyridine rings is 1. The topological polar surface area (TPSA) is 69.5 Å². The molecule has 0 fully saturated rings. The molecule has 0 amide bonds. The zero-order valence-corrected chi connectivity index (χ0v) is 14.5. The van der Waals surface area contributed by atoms with Gasteiger partial charge in [0, 0.05) is 28.3 Å². The number of nitriles is 1. The van der Waals surface area contributed by atoms with Crippen LogP contribution in [0.3, 0.4) is 0 Å². The standard InChI is InChI=1S/C21H13N3OS/c22-10-14-5-1-2-6-16(14)17-7-3-4-8-18(17)19-9-15(11-23-21(19)25)20-12-26-13-24-20/h1-9,11-13H,(H,23,25). The summed E-state index contributed by atoms with van der Waals surface area (Å²) in [6, 6.07) is 19.1. The van der Waals surface area contributed by atoms with E-state index in [-0.39, 0.29) is 5.56 Å². The van der Waals surface area contributed by atoms with Crippen LogP contribution in [0.5, 0.6) is 0 Å². The van der Waals surface area contributed by atoms with Crippen LogP contribution in [0.25, 0.3) is 33.5 Å². The quantitative estimate of drug-likeness (QED) is 0.579. The molecule has 2 heterocycles. The van der Waals surface area contributed by atoms with Gasteiger partial charge in [-0.25, -0.2) is 4.98 Å². The highest BCUT2D eigenvalue weighted by Crippen LogP contribution is 2.33. The normalized spacial score (nSPS) is 10.4. The molecule has 5 heteroatoms. The van der Waals surface area contributed by atoms with E-state index in [2.05, 4.69) is 16.0 Å². The van der Waals surface area contributed by atoms with E-state index in [0.717, 1.165) is 27.9 Å². The van der Waals surface area contributed by atoms with Crippen molar-refractivity contribution in [1.82, 2.24) is 9.97 Å². The molecule has 0 aliphatic rings. The number of hydrogen-bond acceptors (Lipinski definition) is 4. The number of nitrogens with one attached hydrogen (secondary N) is 1. The molecule has 4 rings (SSSR count). The molecule has 0 bridgehead atoms. The van der Waals surface area contributed by atoms with Gasteiger partial charge in [-0.05, 0) is 23.3 Å². The van der Waals surface area contributed by atoms with Gasteiger partial charge in [-0.3, -0.25) is 4.79 Å². The molecule has 26 heavy (non-hydrogen) atoms. The minimum atomic E-state index is -0.175. The third-order valence-electron chi connectivity index (χ3n) is 4.19. The van der Waals surface area contributed by atoms with Gasteiger partial charge in [0.05, 0.1) is 22.8 Å². The van der Waals surface area contributed by atoms with Gasteiger partial charge in [0.15, 0.2) is 0 Å². The number of nitrogens with zero attached hydrogens (tertiary/aromatic N) is 2. The molecule has 0 radical (unpaired) electrons. The highest BCUT2D eigenvalue weighted by atomic mass is 32.1. The molecule has 1 N–H and O–H groups in total. The predicted octanol–water partition coefficient (Wildman–Crippen LogP) is 4.70. The van der Waals surface area contributed by atoms with Gasteiger partial charge in [-0.1, -0.05) is 42.5 Å². The van der Waals surface area contributed by atoms with Crippen molar-refractivity contribution in [3.8, 4) is 39.6 Å². The number of aromatic amines is 1. The van der Waals surface area contributed by atoms with Crippen LogP contribution in [-0.2, 0) is 0 Å². The lowest BCUT2D eigenvalue weighted by molar-refractivity contribution is 1.23. The molecule has 0 saturated carbocycles. The maximum Gasteiger partial charge on any atom is 0.255 e. The summed E-state index contributed by atoms with van der Waals surface area (Å²) in [6.07, 6.45) is 1.67. The van der Waals surface area contributed by atoms with E-state index in [1.807, 2.05) is 53.9 Å². The largest absolute Gasteiger partial charge is 0.328 e. The van der Waals surface area contributed by atoms with Crippen LogP contribution in [0.1, 0.15) is 5.56 Å². The van der Waals surface area contributed by atoms with E-state index < -0.39 is 0 Å². The molecule has 0 spiro atoms. The Bertz CT molecular complexity index is 1170. The Morgan fingerprint density at radius 1 is 0.962 bits per heavy atom. The Kier molecular flexibility index (Phi) is 4.18. The van der Waals surface area contributed by atoms with Gasteiger partial charge < -0.3 is 4.98 Å². The van der Waals surface area contributed by atoms with Gasteiger partial charge in [0.1, 0.15) is 0 Å². The second-order valence-electron chi connectivity index (χ2n) is 5.71. The first-order valence-corrected chi connectivity index (χ1v) is 8.92. The second kappa shape index (κ2) is 6.79. The molecule has 0 aliphatic carbocycles. The lowest BCUT2D eigenvalue weighted by Gasteiger charge is -2.11. The maximum absolute atomic E-state index is 12.5. The highest BCUT2D eigenvalue weighted by molar-refractivity contribution is 7.07. The third kappa shape index (κ3) is 2.83. The number of benzene rings is 2. The Balaban J connectivity index is 1.95. The summed E-state index contributed by atoms with van der Waals surface area (Å²) < 4.78 is 0. The summed E-state index contributed by atoms with van der Waals surface area (Å²) in [5.41, 5.74) is 6.84. The first-order valence-electron chi connectivity index (χ1n) is 7.98.